The predicted molar refractivity (Wildman–Crippen MR) is 103 cm³/mol. The maximum Gasteiger partial charge on any atom is 0.356 e. The molecule has 0 radical (unpaired) electrons. The number of H-pyrrole nitrogens is 1. The molecule has 132 valence electrons. The zero-order chi connectivity index (χ0) is 18.0. The predicted octanol–water partition coefficient (Wildman–Crippen LogP) is 6.07. The lowest BCUT2D eigenvalue weighted by Gasteiger charge is -2.26. The molecule has 1 atom stereocenters. The second kappa shape index (κ2) is 7.40. The van der Waals surface area contributed by atoms with Crippen molar-refractivity contribution in [1.29, 1.82) is 0 Å². The van der Waals surface area contributed by atoms with Crippen molar-refractivity contribution in [3.63, 3.8) is 0 Å². The van der Waals surface area contributed by atoms with Crippen molar-refractivity contribution in [2.45, 2.75) is 5.78 Å². The van der Waals surface area contributed by atoms with Gasteiger partial charge >= 0.3 is 7.60 Å². The summed E-state index contributed by atoms with van der Waals surface area (Å²) in [6.07, 6.45) is 1.79. The molecule has 0 aliphatic carbocycles. The van der Waals surface area contributed by atoms with Crippen molar-refractivity contribution in [3.8, 4) is 0 Å². The van der Waals surface area contributed by atoms with E-state index in [0.717, 1.165) is 16.5 Å². The van der Waals surface area contributed by atoms with Crippen LogP contribution in [0.3, 0.4) is 0 Å². The second-order valence-electron chi connectivity index (χ2n) is 5.40. The van der Waals surface area contributed by atoms with Crippen molar-refractivity contribution in [2.24, 2.45) is 0 Å². The summed E-state index contributed by atoms with van der Waals surface area (Å²) in [5, 5.41) is 5.05. The lowest BCUT2D eigenvalue weighted by molar-refractivity contribution is 0.268. The number of fused-ring (bicyclic) bond motifs is 1. The molecule has 3 rings (SSSR count). The summed E-state index contributed by atoms with van der Waals surface area (Å²) >= 11 is 12.1. The zero-order valence-corrected chi connectivity index (χ0v) is 16.0. The number of nitrogens with one attached hydrogen (secondary N) is 2. The molecular weight excluding hydrogens is 382 g/mol. The summed E-state index contributed by atoms with van der Waals surface area (Å²) in [4.78, 5) is 3.17. The standard InChI is InChI=1S/C17H17Cl2N2O3P/c1-23-25(22,24-2)17(21-13-8-11(18)7-12(19)9-13)15-10-20-16-6-4-3-5-14(15)16/h3-10,17,20-21H,1-2H3. The zero-order valence-electron chi connectivity index (χ0n) is 13.6. The Morgan fingerprint density at radius 1 is 1.08 bits per heavy atom. The summed E-state index contributed by atoms with van der Waals surface area (Å²) in [6.45, 7) is 0. The molecule has 1 unspecified atom stereocenters. The maximum atomic E-state index is 13.2. The van der Waals surface area contributed by atoms with Gasteiger partial charge in [0.1, 0.15) is 0 Å². The molecule has 0 aliphatic heterocycles. The number of benzene rings is 2. The summed E-state index contributed by atoms with van der Waals surface area (Å²) in [5.41, 5.74) is 2.30. The Bertz CT molecular complexity index is 916. The van der Waals surface area contributed by atoms with Gasteiger partial charge in [0.25, 0.3) is 0 Å². The first-order chi connectivity index (χ1) is 12.0. The van der Waals surface area contributed by atoms with E-state index in [0.29, 0.717) is 15.7 Å². The molecule has 1 aromatic heterocycles. The average molecular weight is 399 g/mol. The molecule has 0 saturated heterocycles. The highest BCUT2D eigenvalue weighted by molar-refractivity contribution is 7.54. The van der Waals surface area contributed by atoms with Gasteiger partial charge in [-0.25, -0.2) is 0 Å². The van der Waals surface area contributed by atoms with E-state index in [2.05, 4.69) is 10.3 Å². The van der Waals surface area contributed by atoms with Crippen LogP contribution in [0.2, 0.25) is 10.0 Å². The lowest BCUT2D eigenvalue weighted by Crippen LogP contribution is -2.13. The van der Waals surface area contributed by atoms with E-state index in [1.165, 1.54) is 14.2 Å². The number of hydrogen-bond donors (Lipinski definition) is 2. The van der Waals surface area contributed by atoms with Crippen molar-refractivity contribution in [1.82, 2.24) is 4.98 Å². The van der Waals surface area contributed by atoms with Crippen molar-refractivity contribution >= 4 is 47.4 Å². The second-order valence-corrected chi connectivity index (χ2v) is 8.60. The van der Waals surface area contributed by atoms with E-state index < -0.39 is 13.4 Å². The smallest absolute Gasteiger partial charge is 0.356 e. The molecule has 0 bridgehead atoms. The summed E-state index contributed by atoms with van der Waals surface area (Å²) in [6, 6.07) is 12.7. The van der Waals surface area contributed by atoms with Crippen LogP contribution in [-0.4, -0.2) is 19.2 Å². The Morgan fingerprint density at radius 2 is 1.72 bits per heavy atom. The first-order valence-electron chi connectivity index (χ1n) is 7.46. The van der Waals surface area contributed by atoms with Crippen LogP contribution in [0.25, 0.3) is 10.9 Å². The highest BCUT2D eigenvalue weighted by Gasteiger charge is 2.37. The van der Waals surface area contributed by atoms with Gasteiger partial charge in [-0.1, -0.05) is 41.4 Å². The van der Waals surface area contributed by atoms with Crippen LogP contribution in [0.1, 0.15) is 11.3 Å². The van der Waals surface area contributed by atoms with Gasteiger partial charge in [0.05, 0.1) is 0 Å². The van der Waals surface area contributed by atoms with Gasteiger partial charge in [0.2, 0.25) is 0 Å². The average Bonchev–Trinajstić information content (AvgIpc) is 3.02. The van der Waals surface area contributed by atoms with Crippen LogP contribution in [0.4, 0.5) is 5.69 Å². The molecule has 1 heterocycles. The van der Waals surface area contributed by atoms with Crippen LogP contribution in [0.5, 0.6) is 0 Å². The van der Waals surface area contributed by atoms with Crippen LogP contribution < -0.4 is 5.32 Å². The molecule has 5 nitrogen and oxygen atoms in total. The van der Waals surface area contributed by atoms with Gasteiger partial charge in [0.15, 0.2) is 5.78 Å². The normalized spacial score (nSPS) is 13.1. The topological polar surface area (TPSA) is 63.4 Å². The summed E-state index contributed by atoms with van der Waals surface area (Å²) < 4.78 is 23.7. The Balaban J connectivity index is 2.11. The van der Waals surface area contributed by atoms with E-state index in [-0.39, 0.29) is 0 Å². The van der Waals surface area contributed by atoms with Crippen molar-refractivity contribution in [2.75, 3.05) is 19.5 Å². The van der Waals surface area contributed by atoms with Crippen LogP contribution >= 0.6 is 30.8 Å². The number of rotatable bonds is 6. The molecule has 2 N–H and O–H groups in total. The van der Waals surface area contributed by atoms with E-state index >= 15 is 0 Å². The summed E-state index contributed by atoms with van der Waals surface area (Å²) in [7, 11) is -0.778. The van der Waals surface area contributed by atoms with E-state index in [9.17, 15) is 4.57 Å². The Labute approximate surface area is 155 Å². The van der Waals surface area contributed by atoms with Crippen LogP contribution in [-0.2, 0) is 13.6 Å². The molecule has 8 heteroatoms. The van der Waals surface area contributed by atoms with E-state index in [1.54, 1.807) is 24.4 Å². The third-order valence-electron chi connectivity index (χ3n) is 3.91. The molecule has 0 amide bonds. The quantitative estimate of drug-likeness (QED) is 0.494. The van der Waals surface area contributed by atoms with Crippen LogP contribution in [0, 0.1) is 0 Å². The maximum absolute atomic E-state index is 13.2. The van der Waals surface area contributed by atoms with Crippen molar-refractivity contribution in [3.05, 3.63) is 64.3 Å². The highest BCUT2D eigenvalue weighted by atomic mass is 35.5. The molecule has 0 saturated carbocycles. The minimum absolute atomic E-state index is 0.470. The third kappa shape index (κ3) is 3.71. The van der Waals surface area contributed by atoms with Gasteiger partial charge in [-0.3, -0.25) is 4.57 Å². The largest absolute Gasteiger partial charge is 0.368 e. The van der Waals surface area contributed by atoms with Gasteiger partial charge in [-0.2, -0.15) is 0 Å². The van der Waals surface area contributed by atoms with Crippen LogP contribution in [0.15, 0.2) is 48.7 Å². The number of aromatic nitrogens is 1. The lowest BCUT2D eigenvalue weighted by atomic mass is 10.1. The molecule has 25 heavy (non-hydrogen) atoms. The van der Waals surface area contributed by atoms with Gasteiger partial charge in [-0.15, -0.1) is 0 Å². The molecular formula is C17H17Cl2N2O3P. The van der Waals surface area contributed by atoms with E-state index in [4.69, 9.17) is 32.2 Å². The minimum Gasteiger partial charge on any atom is -0.368 e. The fourth-order valence-electron chi connectivity index (χ4n) is 2.73. The minimum atomic E-state index is -3.50. The van der Waals surface area contributed by atoms with Gasteiger partial charge in [0, 0.05) is 52.6 Å². The first kappa shape index (κ1) is 18.3. The highest BCUT2D eigenvalue weighted by Crippen LogP contribution is 2.60. The van der Waals surface area contributed by atoms with E-state index in [1.807, 2.05) is 24.3 Å². The number of halogens is 2. The molecule has 0 fully saturated rings. The SMILES string of the molecule is COP(=O)(OC)C(Nc1cc(Cl)cc(Cl)c1)c1c[nH]c2ccccc12. The Kier molecular flexibility index (Phi) is 5.42. The van der Waals surface area contributed by atoms with Crippen molar-refractivity contribution < 1.29 is 13.6 Å². The monoisotopic (exact) mass is 398 g/mol. The third-order valence-corrected chi connectivity index (χ3v) is 6.40. The molecule has 3 aromatic rings. The molecule has 0 spiro atoms. The fourth-order valence-corrected chi connectivity index (χ4v) is 4.69. The Hall–Kier alpha value is -1.49. The summed E-state index contributed by atoms with van der Waals surface area (Å²) in [5.74, 6) is -0.742. The number of aromatic amines is 1. The number of anilines is 1. The Morgan fingerprint density at radius 3 is 2.36 bits per heavy atom. The molecule has 2 aromatic carbocycles. The van der Waals surface area contributed by atoms with Gasteiger partial charge in [-0.05, 0) is 24.3 Å². The number of hydrogen-bond acceptors (Lipinski definition) is 4. The fraction of sp³-hybridized carbons (Fsp3) is 0.176. The number of para-hydroxylation sites is 1. The first-order valence-corrected chi connectivity index (χ1v) is 9.83. The molecule has 0 aliphatic rings. The van der Waals surface area contributed by atoms with Gasteiger partial charge < -0.3 is 19.3 Å².